The summed E-state index contributed by atoms with van der Waals surface area (Å²) in [6.07, 6.45) is -1.31. The van der Waals surface area contributed by atoms with Crippen LogP contribution in [0.3, 0.4) is 0 Å². The zero-order valence-electron chi connectivity index (χ0n) is 32.6. The number of fused-ring (bicyclic) bond motifs is 11. The Labute approximate surface area is 372 Å². The number of ether oxygens (including phenoxy) is 2. The number of benzene rings is 4. The van der Waals surface area contributed by atoms with Crippen molar-refractivity contribution in [2.45, 2.75) is 13.2 Å². The first-order chi connectivity index (χ1) is 31.2. The standard InChI is InChI=1S/C48H24N4O8S4/c53-37-25-15-7-8-16-26(25)38(54)33(37)49-31-19-29-41(61-31)43-35(51(29)47(57)59-21-23-11-3-1-4-12-23)45-46(63-43)36-44(64-45)42-30(52(36)48(58)60-22-24-13-5-2-6-14-24)20-32(62-42)50-34-39(55)27-17-9-10-18-28(27)40(34)56/h1-20H,21-22H2. The molecule has 6 aromatic heterocycles. The molecule has 12 rings (SSSR count). The van der Waals surface area contributed by atoms with Crippen molar-refractivity contribution in [3.05, 3.63) is 184 Å². The van der Waals surface area contributed by atoms with Gasteiger partial charge in [0.2, 0.25) is 21.7 Å². The van der Waals surface area contributed by atoms with E-state index in [1.807, 2.05) is 60.7 Å². The van der Waals surface area contributed by atoms with Gasteiger partial charge in [0.25, 0.3) is 0 Å². The van der Waals surface area contributed by atoms with Gasteiger partial charge in [-0.25, -0.2) is 28.7 Å². The van der Waals surface area contributed by atoms with Crippen molar-refractivity contribution in [1.82, 2.24) is 9.13 Å². The molecule has 6 aromatic carbocycles. The first-order valence-corrected chi connectivity index (χ1v) is 22.9. The van der Waals surface area contributed by atoms with E-state index in [-0.39, 0.29) is 23.9 Å². The fourth-order valence-corrected chi connectivity index (χ4v) is 13.4. The number of hydrogen-bond donors (Lipinski definition) is 0. The van der Waals surface area contributed by atoms with Crippen LogP contribution >= 0.6 is 45.3 Å². The van der Waals surface area contributed by atoms with E-state index in [1.54, 1.807) is 60.7 Å². The van der Waals surface area contributed by atoms with E-state index in [0.717, 1.165) is 20.5 Å². The highest BCUT2D eigenvalue weighted by Gasteiger charge is 2.31. The van der Waals surface area contributed by atoms with E-state index in [4.69, 9.17) is 9.47 Å². The second kappa shape index (κ2) is 14.5. The number of hydrogen-bond acceptors (Lipinski definition) is 14. The Morgan fingerprint density at radius 1 is 0.438 bits per heavy atom. The van der Waals surface area contributed by atoms with Gasteiger partial charge in [-0.15, -0.1) is 45.3 Å². The minimum atomic E-state index is -0.657. The first kappa shape index (κ1) is 38.2. The van der Waals surface area contributed by atoms with Crippen LogP contribution in [0.4, 0.5) is 19.6 Å². The summed E-state index contributed by atoms with van der Waals surface area (Å²) in [5, 5.41) is 1.49. The largest absolute Gasteiger partial charge is 0.444 e. The number of carbonyl (C=O) groups excluding carboxylic acids is 2. The lowest BCUT2D eigenvalue weighted by Gasteiger charge is -2.07. The van der Waals surface area contributed by atoms with Crippen LogP contribution in [0.1, 0.15) is 11.1 Å². The van der Waals surface area contributed by atoms with Crippen molar-refractivity contribution in [3.8, 4) is 0 Å². The van der Waals surface area contributed by atoms with Crippen molar-refractivity contribution in [1.29, 1.82) is 0 Å². The van der Waals surface area contributed by atoms with Gasteiger partial charge in [0, 0.05) is 21.5 Å². The Kier molecular flexibility index (Phi) is 8.67. The van der Waals surface area contributed by atoms with Crippen molar-refractivity contribution in [3.63, 3.8) is 0 Å². The minimum Gasteiger partial charge on any atom is -0.444 e. The molecule has 308 valence electrons. The molecule has 0 N–H and O–H groups in total. The average molecular weight is 913 g/mol. The van der Waals surface area contributed by atoms with Crippen LogP contribution in [0.5, 0.6) is 0 Å². The molecular formula is C48H24N4O8S4. The van der Waals surface area contributed by atoms with Crippen LogP contribution in [0.2, 0.25) is 0 Å². The third kappa shape index (κ3) is 5.76. The van der Waals surface area contributed by atoms with Crippen LogP contribution in [-0.4, -0.2) is 21.3 Å². The predicted molar refractivity (Wildman–Crippen MR) is 254 cm³/mol. The molecular weight excluding hydrogens is 889 g/mol. The van der Waals surface area contributed by atoms with Gasteiger partial charge in [-0.2, -0.15) is 0 Å². The molecule has 0 aliphatic rings. The lowest BCUT2D eigenvalue weighted by atomic mass is 10.2. The summed E-state index contributed by atoms with van der Waals surface area (Å²) in [5.41, 5.74) is 1.81. The Hall–Kier alpha value is -7.50. The SMILES string of the molecule is O=C(OCc1ccccc1)n1c2cc(N=c3c(=O)c4ccccc4c3=O)sc2c2sc3c(sc4c5sc(N=c6c(=O)c7ccccc7c6=O)cc5n(C(=O)OCc5ccccc5)c43)c21. The molecule has 12 nitrogen and oxygen atoms in total. The molecule has 0 saturated carbocycles. The average Bonchev–Trinajstić information content (AvgIpc) is 4.20. The van der Waals surface area contributed by atoms with Crippen LogP contribution in [-0.2, 0) is 22.7 Å². The molecule has 0 amide bonds. The highest BCUT2D eigenvalue weighted by Crippen LogP contribution is 2.53. The second-order valence-electron chi connectivity index (χ2n) is 14.9. The summed E-state index contributed by atoms with van der Waals surface area (Å²) >= 11 is 5.24. The Morgan fingerprint density at radius 3 is 1.12 bits per heavy atom. The molecule has 0 aliphatic heterocycles. The molecule has 64 heavy (non-hydrogen) atoms. The van der Waals surface area contributed by atoms with E-state index >= 15 is 0 Å². The van der Waals surface area contributed by atoms with Crippen LogP contribution < -0.4 is 32.4 Å². The maximum Gasteiger partial charge on any atom is 0.419 e. The monoisotopic (exact) mass is 912 g/mol. The van der Waals surface area contributed by atoms with E-state index < -0.39 is 33.9 Å². The van der Waals surface area contributed by atoms with Gasteiger partial charge in [0.15, 0.2) is 10.7 Å². The highest BCUT2D eigenvalue weighted by molar-refractivity contribution is 7.40. The molecule has 16 heteroatoms. The molecule has 0 fully saturated rings. The number of carbonyl (C=O) groups is 2. The van der Waals surface area contributed by atoms with Gasteiger partial charge in [0.05, 0.1) is 50.3 Å². The maximum atomic E-state index is 14.4. The highest BCUT2D eigenvalue weighted by atomic mass is 32.1. The summed E-state index contributed by atoms with van der Waals surface area (Å²) < 4.78 is 19.1. The fourth-order valence-electron chi connectivity index (χ4n) is 8.22. The number of aromatic nitrogens is 2. The molecule has 6 heterocycles. The normalized spacial score (nSPS) is 11.9. The van der Waals surface area contributed by atoms with Crippen LogP contribution in [0, 0.1) is 0 Å². The summed E-state index contributed by atoms with van der Waals surface area (Å²) in [6, 6.07) is 35.1. The summed E-state index contributed by atoms with van der Waals surface area (Å²) in [4.78, 5) is 91.2. The number of rotatable bonds is 6. The van der Waals surface area contributed by atoms with Crippen LogP contribution in [0.15, 0.2) is 150 Å². The van der Waals surface area contributed by atoms with Gasteiger partial charge in [-0.1, -0.05) is 109 Å². The number of thiophene rings is 4. The van der Waals surface area contributed by atoms with Crippen molar-refractivity contribution in [2.75, 3.05) is 0 Å². The summed E-state index contributed by atoms with van der Waals surface area (Å²) in [7, 11) is 0. The van der Waals surface area contributed by atoms with E-state index in [1.165, 1.54) is 54.5 Å². The molecule has 0 spiro atoms. The van der Waals surface area contributed by atoms with Crippen LogP contribution in [0.25, 0.3) is 71.8 Å². The van der Waals surface area contributed by atoms with Crippen molar-refractivity contribution in [2.24, 2.45) is 9.98 Å². The fraction of sp³-hybridized carbons (Fsp3) is 0.0417. The molecule has 0 bridgehead atoms. The topological polar surface area (TPSA) is 155 Å². The van der Waals surface area contributed by atoms with Gasteiger partial charge < -0.3 is 9.47 Å². The zero-order valence-corrected chi connectivity index (χ0v) is 35.9. The van der Waals surface area contributed by atoms with Crippen molar-refractivity contribution < 1.29 is 19.1 Å². The second-order valence-corrected chi connectivity index (χ2v) is 19.0. The third-order valence-electron chi connectivity index (χ3n) is 11.1. The Balaban J connectivity index is 1.08. The van der Waals surface area contributed by atoms with E-state index in [9.17, 15) is 28.8 Å². The minimum absolute atomic E-state index is 0.00340. The maximum absolute atomic E-state index is 14.4. The quantitative estimate of drug-likeness (QED) is 0.160. The molecule has 0 aliphatic carbocycles. The molecule has 0 atom stereocenters. The molecule has 0 unspecified atom stereocenters. The molecule has 12 aromatic rings. The van der Waals surface area contributed by atoms with Gasteiger partial charge in [0.1, 0.15) is 23.2 Å². The smallest absolute Gasteiger partial charge is 0.419 e. The summed E-state index contributed by atoms with van der Waals surface area (Å²) in [5.74, 6) is 0. The van der Waals surface area contributed by atoms with Gasteiger partial charge >= 0.3 is 12.2 Å². The lowest BCUT2D eigenvalue weighted by molar-refractivity contribution is 0.142. The molecule has 0 radical (unpaired) electrons. The predicted octanol–water partition coefficient (Wildman–Crippen LogP) is 9.63. The zero-order chi connectivity index (χ0) is 43.4. The lowest BCUT2D eigenvalue weighted by Crippen LogP contribution is -2.31. The molecule has 0 saturated heterocycles. The van der Waals surface area contributed by atoms with Gasteiger partial charge in [-0.3, -0.25) is 19.2 Å². The van der Waals surface area contributed by atoms with Gasteiger partial charge in [-0.05, 0) is 23.3 Å². The third-order valence-corrected chi connectivity index (χ3v) is 16.0. The van der Waals surface area contributed by atoms with E-state index in [2.05, 4.69) is 9.98 Å². The van der Waals surface area contributed by atoms with E-state index in [0.29, 0.717) is 72.4 Å². The first-order valence-electron chi connectivity index (χ1n) is 19.7. The number of nitrogens with zero attached hydrogens (tertiary/aromatic N) is 4. The van der Waals surface area contributed by atoms with Crippen molar-refractivity contribution >= 4 is 139 Å². The Morgan fingerprint density at radius 2 is 0.766 bits per heavy atom. The summed E-state index contributed by atoms with van der Waals surface area (Å²) in [6.45, 7) is -0.00679. The Bertz CT molecular complexity index is 3910.